The van der Waals surface area contributed by atoms with E-state index in [1.165, 1.54) is 16.5 Å². The van der Waals surface area contributed by atoms with Crippen LogP contribution in [0.25, 0.3) is 10.9 Å². The van der Waals surface area contributed by atoms with E-state index >= 15 is 0 Å². The zero-order valence-electron chi connectivity index (χ0n) is 12.7. The quantitative estimate of drug-likeness (QED) is 0.794. The summed E-state index contributed by atoms with van der Waals surface area (Å²) in [7, 11) is 0. The van der Waals surface area contributed by atoms with Crippen LogP contribution in [0.4, 0.5) is 5.82 Å². The van der Waals surface area contributed by atoms with E-state index in [0.717, 1.165) is 30.4 Å². The topological polar surface area (TPSA) is 44.8 Å². The van der Waals surface area contributed by atoms with Gasteiger partial charge in [-0.25, -0.2) is 9.97 Å². The van der Waals surface area contributed by atoms with Gasteiger partial charge < -0.3 is 9.88 Å². The molecule has 4 nitrogen and oxygen atoms in total. The molecule has 0 bridgehead atoms. The molecule has 0 aliphatic heterocycles. The predicted molar refractivity (Wildman–Crippen MR) is 86.5 cm³/mol. The number of fused-ring (bicyclic) bond motifs is 1. The van der Waals surface area contributed by atoms with E-state index in [0.29, 0.717) is 0 Å². The van der Waals surface area contributed by atoms with E-state index in [1.807, 2.05) is 19.9 Å². The van der Waals surface area contributed by atoms with E-state index in [4.69, 9.17) is 0 Å². The molecule has 0 unspecified atom stereocenters. The lowest BCUT2D eigenvalue weighted by molar-refractivity contribution is 0.804. The minimum Gasteiger partial charge on any atom is -0.361 e. The molecule has 0 saturated carbocycles. The predicted octanol–water partition coefficient (Wildman–Crippen LogP) is 3.60. The number of nitrogens with zero attached hydrogens (tertiary/aromatic N) is 3. The second kappa shape index (κ2) is 5.56. The summed E-state index contributed by atoms with van der Waals surface area (Å²) in [5.74, 6) is 1.81. The number of aromatic nitrogens is 3. The van der Waals surface area contributed by atoms with Crippen molar-refractivity contribution >= 4 is 16.7 Å². The Morgan fingerprint density at radius 1 is 1.14 bits per heavy atom. The molecule has 3 aromatic rings. The Bertz CT molecular complexity index is 740. The highest BCUT2D eigenvalue weighted by atomic mass is 15.2. The maximum absolute atomic E-state index is 4.57. The second-order valence-corrected chi connectivity index (χ2v) is 5.29. The van der Waals surface area contributed by atoms with Crippen LogP contribution >= 0.6 is 0 Å². The fraction of sp³-hybridized carbons (Fsp3) is 0.294. The molecule has 0 spiro atoms. The summed E-state index contributed by atoms with van der Waals surface area (Å²) in [5, 5.41) is 1.28. The molecule has 1 aromatic carbocycles. The number of anilines is 1. The van der Waals surface area contributed by atoms with Crippen molar-refractivity contribution in [2.75, 3.05) is 11.4 Å². The van der Waals surface area contributed by atoms with E-state index in [2.05, 4.69) is 57.2 Å². The number of aromatic amines is 1. The van der Waals surface area contributed by atoms with Gasteiger partial charge in [0.15, 0.2) is 0 Å². The van der Waals surface area contributed by atoms with Gasteiger partial charge in [0.2, 0.25) is 0 Å². The van der Waals surface area contributed by atoms with Crippen LogP contribution in [0, 0.1) is 13.8 Å². The number of nitrogens with one attached hydrogen (secondary N) is 1. The van der Waals surface area contributed by atoms with Crippen molar-refractivity contribution < 1.29 is 0 Å². The van der Waals surface area contributed by atoms with Crippen LogP contribution in [0.3, 0.4) is 0 Å². The largest absolute Gasteiger partial charge is 0.361 e. The van der Waals surface area contributed by atoms with Gasteiger partial charge in [0.25, 0.3) is 0 Å². The Morgan fingerprint density at radius 2 is 1.95 bits per heavy atom. The van der Waals surface area contributed by atoms with Gasteiger partial charge >= 0.3 is 0 Å². The molecule has 108 valence electrons. The zero-order chi connectivity index (χ0) is 14.8. The van der Waals surface area contributed by atoms with Crippen molar-refractivity contribution in [3.63, 3.8) is 0 Å². The first-order valence-corrected chi connectivity index (χ1v) is 7.29. The summed E-state index contributed by atoms with van der Waals surface area (Å²) in [4.78, 5) is 14.5. The van der Waals surface area contributed by atoms with E-state index in [-0.39, 0.29) is 0 Å². The highest BCUT2D eigenvalue weighted by Gasteiger charge is 2.11. The van der Waals surface area contributed by atoms with Gasteiger partial charge in [0, 0.05) is 41.9 Å². The van der Waals surface area contributed by atoms with E-state index in [1.54, 1.807) is 0 Å². The molecule has 1 N–H and O–H groups in total. The van der Waals surface area contributed by atoms with Crippen LogP contribution < -0.4 is 4.90 Å². The maximum atomic E-state index is 4.57. The average Bonchev–Trinajstić information content (AvgIpc) is 2.87. The highest BCUT2D eigenvalue weighted by Crippen LogP contribution is 2.22. The zero-order valence-corrected chi connectivity index (χ0v) is 12.7. The van der Waals surface area contributed by atoms with Gasteiger partial charge in [-0.15, -0.1) is 0 Å². The van der Waals surface area contributed by atoms with Gasteiger partial charge in [-0.2, -0.15) is 0 Å². The number of hydrogen-bond acceptors (Lipinski definition) is 3. The number of para-hydroxylation sites is 1. The van der Waals surface area contributed by atoms with Crippen LogP contribution in [-0.4, -0.2) is 21.5 Å². The molecule has 4 heteroatoms. The van der Waals surface area contributed by atoms with E-state index < -0.39 is 0 Å². The average molecular weight is 280 g/mol. The SMILES string of the molecule is CCN(Cc1c[nH]c2ccccc12)c1cc(C)nc(C)n1. The number of aryl methyl sites for hydroxylation is 2. The minimum atomic E-state index is 0.822. The summed E-state index contributed by atoms with van der Waals surface area (Å²) < 4.78 is 0. The molecule has 0 amide bonds. The first-order valence-electron chi connectivity index (χ1n) is 7.29. The maximum Gasteiger partial charge on any atom is 0.132 e. The lowest BCUT2D eigenvalue weighted by Gasteiger charge is -2.22. The number of hydrogen-bond donors (Lipinski definition) is 1. The molecule has 0 aliphatic rings. The summed E-state index contributed by atoms with van der Waals surface area (Å²) in [6.07, 6.45) is 2.09. The first-order chi connectivity index (χ1) is 10.2. The Balaban J connectivity index is 1.94. The molecule has 0 aliphatic carbocycles. The third-order valence-electron chi connectivity index (χ3n) is 3.69. The summed E-state index contributed by atoms with van der Waals surface area (Å²) in [5.41, 5.74) is 3.48. The minimum absolute atomic E-state index is 0.822. The van der Waals surface area contributed by atoms with Crippen molar-refractivity contribution in [2.24, 2.45) is 0 Å². The molecule has 2 aromatic heterocycles. The van der Waals surface area contributed by atoms with Crippen molar-refractivity contribution in [2.45, 2.75) is 27.3 Å². The van der Waals surface area contributed by atoms with Gasteiger partial charge in [-0.1, -0.05) is 18.2 Å². The Kier molecular flexibility index (Phi) is 3.60. The Hall–Kier alpha value is -2.36. The fourth-order valence-corrected chi connectivity index (χ4v) is 2.68. The third-order valence-corrected chi connectivity index (χ3v) is 3.69. The third kappa shape index (κ3) is 2.75. The summed E-state index contributed by atoms with van der Waals surface area (Å²) >= 11 is 0. The standard InChI is InChI=1S/C17H20N4/c1-4-21(17-9-12(2)19-13(3)20-17)11-14-10-18-16-8-6-5-7-15(14)16/h5-10,18H,4,11H2,1-3H3. The number of H-pyrrole nitrogens is 1. The summed E-state index contributed by atoms with van der Waals surface area (Å²) in [6, 6.07) is 10.4. The van der Waals surface area contributed by atoms with Gasteiger partial charge in [-0.3, -0.25) is 0 Å². The first kappa shape index (κ1) is 13.6. The van der Waals surface area contributed by atoms with Crippen molar-refractivity contribution in [1.82, 2.24) is 15.0 Å². The Labute approximate surface area is 124 Å². The molecule has 0 radical (unpaired) electrons. The highest BCUT2D eigenvalue weighted by molar-refractivity contribution is 5.83. The van der Waals surface area contributed by atoms with Crippen molar-refractivity contribution in [1.29, 1.82) is 0 Å². The molecular weight excluding hydrogens is 260 g/mol. The van der Waals surface area contributed by atoms with Crippen molar-refractivity contribution in [3.05, 3.63) is 53.6 Å². The number of benzene rings is 1. The molecule has 21 heavy (non-hydrogen) atoms. The van der Waals surface area contributed by atoms with Crippen LogP contribution in [0.1, 0.15) is 24.0 Å². The second-order valence-electron chi connectivity index (χ2n) is 5.29. The number of rotatable bonds is 4. The van der Waals surface area contributed by atoms with Crippen LogP contribution in [0.2, 0.25) is 0 Å². The molecular formula is C17H20N4. The van der Waals surface area contributed by atoms with Gasteiger partial charge in [0.1, 0.15) is 11.6 Å². The van der Waals surface area contributed by atoms with Crippen LogP contribution in [0.5, 0.6) is 0 Å². The fourth-order valence-electron chi connectivity index (χ4n) is 2.68. The van der Waals surface area contributed by atoms with Gasteiger partial charge in [-0.05, 0) is 32.4 Å². The summed E-state index contributed by atoms with van der Waals surface area (Å²) in [6.45, 7) is 7.86. The van der Waals surface area contributed by atoms with Crippen LogP contribution in [0.15, 0.2) is 36.5 Å². The monoisotopic (exact) mass is 280 g/mol. The molecule has 0 atom stereocenters. The molecule has 3 rings (SSSR count). The lowest BCUT2D eigenvalue weighted by Crippen LogP contribution is -2.23. The van der Waals surface area contributed by atoms with Crippen LogP contribution in [-0.2, 0) is 6.54 Å². The molecule has 0 fully saturated rings. The molecule has 2 heterocycles. The Morgan fingerprint density at radius 3 is 2.71 bits per heavy atom. The van der Waals surface area contributed by atoms with E-state index in [9.17, 15) is 0 Å². The normalized spacial score (nSPS) is 11.0. The smallest absolute Gasteiger partial charge is 0.132 e. The molecule has 0 saturated heterocycles. The van der Waals surface area contributed by atoms with Crippen molar-refractivity contribution in [3.8, 4) is 0 Å². The van der Waals surface area contributed by atoms with Gasteiger partial charge in [0.05, 0.1) is 0 Å². The lowest BCUT2D eigenvalue weighted by atomic mass is 10.1.